The maximum absolute atomic E-state index is 5.63. The first-order valence-corrected chi connectivity index (χ1v) is 6.47. The lowest BCUT2D eigenvalue weighted by atomic mass is 10.2. The van der Waals surface area contributed by atoms with E-state index < -0.39 is 0 Å². The van der Waals surface area contributed by atoms with E-state index >= 15 is 0 Å². The summed E-state index contributed by atoms with van der Waals surface area (Å²) in [6.07, 6.45) is 3.45. The zero-order valence-corrected chi connectivity index (χ0v) is 10.5. The van der Waals surface area contributed by atoms with Crippen LogP contribution < -0.4 is 5.73 Å². The molecule has 0 radical (unpaired) electrons. The Labute approximate surface area is 109 Å². The largest absolute Gasteiger partial charge is 0.396 e. The van der Waals surface area contributed by atoms with Crippen molar-refractivity contribution in [2.24, 2.45) is 0 Å². The lowest BCUT2D eigenvalue weighted by Gasteiger charge is -1.97. The van der Waals surface area contributed by atoms with E-state index in [1.54, 1.807) is 22.2 Å². The Balaban J connectivity index is 1.82. The van der Waals surface area contributed by atoms with Gasteiger partial charge in [-0.05, 0) is 0 Å². The fourth-order valence-electron chi connectivity index (χ4n) is 1.72. The highest BCUT2D eigenvalue weighted by molar-refractivity contribution is 7.13. The Morgan fingerprint density at radius 1 is 1.22 bits per heavy atom. The number of thiazole rings is 1. The fraction of sp³-hybridized carbons (Fsp3) is 0.0769. The number of hydrogen-bond donors (Lipinski definition) is 1. The van der Waals surface area contributed by atoms with Gasteiger partial charge in [-0.3, -0.25) is 4.68 Å². The van der Waals surface area contributed by atoms with Gasteiger partial charge in [-0.2, -0.15) is 5.10 Å². The standard InChI is InChI=1S/C13H12N4S/c14-11-6-15-17(7-11)8-12-9-18-13(16-12)10-4-2-1-3-5-10/h1-7,9H,8,14H2. The molecule has 0 fully saturated rings. The number of anilines is 1. The molecule has 2 heterocycles. The first-order valence-electron chi connectivity index (χ1n) is 5.59. The summed E-state index contributed by atoms with van der Waals surface area (Å²) in [5, 5.41) is 7.24. The Morgan fingerprint density at radius 3 is 2.78 bits per heavy atom. The van der Waals surface area contributed by atoms with E-state index in [4.69, 9.17) is 5.73 Å². The molecule has 90 valence electrons. The molecule has 2 aromatic heterocycles. The van der Waals surface area contributed by atoms with Crippen LogP contribution in [0.2, 0.25) is 0 Å². The monoisotopic (exact) mass is 256 g/mol. The van der Waals surface area contributed by atoms with Crippen LogP contribution in [0.1, 0.15) is 5.69 Å². The minimum atomic E-state index is 0.653. The molecule has 0 bridgehead atoms. The van der Waals surface area contributed by atoms with Gasteiger partial charge in [-0.15, -0.1) is 11.3 Å². The molecular weight excluding hydrogens is 244 g/mol. The Bertz CT molecular complexity index is 642. The molecular formula is C13H12N4S. The average molecular weight is 256 g/mol. The number of aromatic nitrogens is 3. The van der Waals surface area contributed by atoms with Crippen LogP contribution >= 0.6 is 11.3 Å². The highest BCUT2D eigenvalue weighted by Gasteiger charge is 2.05. The van der Waals surface area contributed by atoms with Gasteiger partial charge in [0.2, 0.25) is 0 Å². The summed E-state index contributed by atoms with van der Waals surface area (Å²) >= 11 is 1.65. The van der Waals surface area contributed by atoms with Crippen LogP contribution in [0.3, 0.4) is 0 Å². The van der Waals surface area contributed by atoms with Crippen LogP contribution in [-0.2, 0) is 6.54 Å². The van der Waals surface area contributed by atoms with E-state index in [2.05, 4.69) is 27.6 Å². The van der Waals surface area contributed by atoms with E-state index in [1.165, 1.54) is 0 Å². The topological polar surface area (TPSA) is 56.7 Å². The van der Waals surface area contributed by atoms with Crippen LogP contribution in [0.5, 0.6) is 0 Å². The van der Waals surface area contributed by atoms with Gasteiger partial charge >= 0.3 is 0 Å². The number of nitrogens with zero attached hydrogens (tertiary/aromatic N) is 3. The van der Waals surface area contributed by atoms with Crippen molar-refractivity contribution >= 4 is 17.0 Å². The lowest BCUT2D eigenvalue weighted by Crippen LogP contribution is -2.00. The number of nitrogen functional groups attached to an aromatic ring is 1. The van der Waals surface area contributed by atoms with Crippen molar-refractivity contribution in [3.63, 3.8) is 0 Å². The number of benzene rings is 1. The molecule has 0 aliphatic heterocycles. The molecule has 0 atom stereocenters. The van der Waals surface area contributed by atoms with E-state index in [-0.39, 0.29) is 0 Å². The molecule has 0 spiro atoms. The van der Waals surface area contributed by atoms with Crippen LogP contribution in [-0.4, -0.2) is 14.8 Å². The van der Waals surface area contributed by atoms with E-state index in [0.717, 1.165) is 16.3 Å². The quantitative estimate of drug-likeness (QED) is 0.783. The molecule has 0 amide bonds. The molecule has 1 aromatic carbocycles. The van der Waals surface area contributed by atoms with Crippen molar-refractivity contribution in [1.29, 1.82) is 0 Å². The summed E-state index contributed by atoms with van der Waals surface area (Å²) in [5.41, 5.74) is 8.45. The van der Waals surface area contributed by atoms with Gasteiger partial charge in [-0.25, -0.2) is 4.98 Å². The maximum atomic E-state index is 5.63. The van der Waals surface area contributed by atoms with Crippen molar-refractivity contribution in [3.05, 3.63) is 53.8 Å². The van der Waals surface area contributed by atoms with Crippen molar-refractivity contribution in [3.8, 4) is 10.6 Å². The molecule has 0 saturated heterocycles. The minimum absolute atomic E-state index is 0.653. The summed E-state index contributed by atoms with van der Waals surface area (Å²) in [4.78, 5) is 4.60. The molecule has 18 heavy (non-hydrogen) atoms. The van der Waals surface area contributed by atoms with Gasteiger partial charge in [0, 0.05) is 17.1 Å². The summed E-state index contributed by atoms with van der Waals surface area (Å²) in [6.45, 7) is 0.653. The Hall–Kier alpha value is -2.14. The molecule has 5 heteroatoms. The summed E-state index contributed by atoms with van der Waals surface area (Å²) < 4.78 is 1.79. The minimum Gasteiger partial charge on any atom is -0.396 e. The smallest absolute Gasteiger partial charge is 0.123 e. The third kappa shape index (κ3) is 2.26. The van der Waals surface area contributed by atoms with Gasteiger partial charge in [0.15, 0.2) is 0 Å². The van der Waals surface area contributed by atoms with Crippen LogP contribution in [0.25, 0.3) is 10.6 Å². The van der Waals surface area contributed by atoms with E-state index in [0.29, 0.717) is 12.2 Å². The predicted octanol–water partition coefficient (Wildman–Crippen LogP) is 2.64. The molecule has 0 aliphatic rings. The molecule has 0 saturated carbocycles. The summed E-state index contributed by atoms with van der Waals surface area (Å²) in [6, 6.07) is 10.2. The maximum Gasteiger partial charge on any atom is 0.123 e. The first kappa shape index (κ1) is 11.0. The van der Waals surface area contributed by atoms with Crippen molar-refractivity contribution in [2.45, 2.75) is 6.54 Å². The highest BCUT2D eigenvalue weighted by Crippen LogP contribution is 2.23. The Kier molecular flexibility index (Phi) is 2.82. The van der Waals surface area contributed by atoms with Gasteiger partial charge in [0.05, 0.1) is 24.1 Å². The van der Waals surface area contributed by atoms with Gasteiger partial charge in [-0.1, -0.05) is 30.3 Å². The number of nitrogens with two attached hydrogens (primary N) is 1. The summed E-state index contributed by atoms with van der Waals surface area (Å²) in [7, 11) is 0. The lowest BCUT2D eigenvalue weighted by molar-refractivity contribution is 0.676. The Morgan fingerprint density at radius 2 is 2.06 bits per heavy atom. The van der Waals surface area contributed by atoms with Gasteiger partial charge in [0.1, 0.15) is 5.01 Å². The second-order valence-corrected chi connectivity index (χ2v) is 4.84. The SMILES string of the molecule is Nc1cnn(Cc2csc(-c3ccccc3)n2)c1. The van der Waals surface area contributed by atoms with Crippen molar-refractivity contribution < 1.29 is 0 Å². The highest BCUT2D eigenvalue weighted by atomic mass is 32.1. The molecule has 0 aliphatic carbocycles. The molecule has 3 rings (SSSR count). The van der Waals surface area contributed by atoms with Gasteiger partial charge < -0.3 is 5.73 Å². The van der Waals surface area contributed by atoms with Crippen molar-refractivity contribution in [2.75, 3.05) is 5.73 Å². The fourth-order valence-corrected chi connectivity index (χ4v) is 2.54. The van der Waals surface area contributed by atoms with Crippen LogP contribution in [0.15, 0.2) is 48.1 Å². The van der Waals surface area contributed by atoms with Crippen molar-refractivity contribution in [1.82, 2.24) is 14.8 Å². The molecule has 4 nitrogen and oxygen atoms in total. The first-order chi connectivity index (χ1) is 8.81. The molecule has 2 N–H and O–H groups in total. The average Bonchev–Trinajstić information content (AvgIpc) is 3.01. The van der Waals surface area contributed by atoms with E-state index in [9.17, 15) is 0 Å². The van der Waals surface area contributed by atoms with E-state index in [1.807, 2.05) is 24.4 Å². The van der Waals surface area contributed by atoms with Gasteiger partial charge in [0.25, 0.3) is 0 Å². The van der Waals surface area contributed by atoms with Crippen LogP contribution in [0.4, 0.5) is 5.69 Å². The number of hydrogen-bond acceptors (Lipinski definition) is 4. The number of rotatable bonds is 3. The molecule has 0 unspecified atom stereocenters. The zero-order chi connectivity index (χ0) is 12.4. The third-order valence-electron chi connectivity index (χ3n) is 2.55. The third-order valence-corrected chi connectivity index (χ3v) is 3.49. The summed E-state index contributed by atoms with van der Waals surface area (Å²) in [5.74, 6) is 0. The van der Waals surface area contributed by atoms with Crippen LogP contribution in [0, 0.1) is 0 Å². The molecule has 3 aromatic rings. The predicted molar refractivity (Wildman–Crippen MR) is 73.3 cm³/mol. The normalized spacial score (nSPS) is 10.7. The second-order valence-electron chi connectivity index (χ2n) is 3.98. The zero-order valence-electron chi connectivity index (χ0n) is 9.65. The second kappa shape index (κ2) is 4.62.